The topological polar surface area (TPSA) is 47.6 Å². The Labute approximate surface area is 102 Å². The predicted molar refractivity (Wildman–Crippen MR) is 56.8 cm³/mol. The molecule has 0 fully saturated rings. The van der Waals surface area contributed by atoms with Crippen LogP contribution in [0.3, 0.4) is 0 Å². The van der Waals surface area contributed by atoms with E-state index in [4.69, 9.17) is 4.74 Å². The van der Waals surface area contributed by atoms with Crippen molar-refractivity contribution < 1.29 is 27.5 Å². The molecule has 0 unspecified atom stereocenters. The first kappa shape index (κ1) is 14.3. The third-order valence-electron chi connectivity index (χ3n) is 1.78. The summed E-state index contributed by atoms with van der Waals surface area (Å²) >= 11 is 0. The first-order valence-electron chi connectivity index (χ1n) is 5.04. The van der Waals surface area contributed by atoms with Gasteiger partial charge in [0.1, 0.15) is 5.75 Å². The maximum atomic E-state index is 11.7. The molecule has 1 N–H and O–H groups in total. The Hall–Kier alpha value is -1.76. The van der Waals surface area contributed by atoms with E-state index in [0.717, 1.165) is 5.56 Å². The van der Waals surface area contributed by atoms with Crippen molar-refractivity contribution in [2.45, 2.75) is 13.1 Å². The number of carbonyl (C=O) groups is 1. The van der Waals surface area contributed by atoms with Gasteiger partial charge >= 0.3 is 6.18 Å². The molecule has 7 heteroatoms. The fraction of sp³-hybridized carbons (Fsp3) is 0.364. The Bertz CT molecular complexity index is 407. The number of rotatable bonds is 5. The monoisotopic (exact) mass is 263 g/mol. The summed E-state index contributed by atoms with van der Waals surface area (Å²) in [6, 6.07) is 6.92. The number of alkyl halides is 3. The summed E-state index contributed by atoms with van der Waals surface area (Å²) < 4.78 is 40.1. The number of hydroxylamine groups is 1. The van der Waals surface area contributed by atoms with E-state index >= 15 is 0 Å². The highest BCUT2D eigenvalue weighted by Gasteiger charge is 2.28. The molecule has 18 heavy (non-hydrogen) atoms. The second kappa shape index (κ2) is 6.25. The largest absolute Gasteiger partial charge is 0.484 e. The molecule has 1 rings (SSSR count). The summed E-state index contributed by atoms with van der Waals surface area (Å²) in [4.78, 5) is 15.0. The number of nitrogens with one attached hydrogen (secondary N) is 1. The normalized spacial score (nSPS) is 11.1. The van der Waals surface area contributed by atoms with E-state index in [1.807, 2.05) is 13.0 Å². The van der Waals surface area contributed by atoms with Gasteiger partial charge in [-0.15, -0.1) is 0 Å². The minimum atomic E-state index is -4.48. The summed E-state index contributed by atoms with van der Waals surface area (Å²) in [6.07, 6.45) is -4.48. The Morgan fingerprint density at radius 2 is 2.11 bits per heavy atom. The summed E-state index contributed by atoms with van der Waals surface area (Å²) in [5, 5.41) is 0. The fourth-order valence-electron chi connectivity index (χ4n) is 1.08. The first-order chi connectivity index (χ1) is 8.37. The van der Waals surface area contributed by atoms with Gasteiger partial charge in [0.2, 0.25) is 0 Å². The van der Waals surface area contributed by atoms with Crippen LogP contribution in [0.2, 0.25) is 0 Å². The molecule has 1 amide bonds. The van der Waals surface area contributed by atoms with Crippen molar-refractivity contribution in [2.24, 2.45) is 0 Å². The van der Waals surface area contributed by atoms with Crippen LogP contribution in [-0.2, 0) is 9.63 Å². The Morgan fingerprint density at radius 3 is 2.72 bits per heavy atom. The lowest BCUT2D eigenvalue weighted by atomic mass is 10.2. The Morgan fingerprint density at radius 1 is 1.39 bits per heavy atom. The van der Waals surface area contributed by atoms with Gasteiger partial charge in [0.25, 0.3) is 5.91 Å². The van der Waals surface area contributed by atoms with Crippen LogP contribution in [0.5, 0.6) is 5.75 Å². The molecule has 0 radical (unpaired) electrons. The van der Waals surface area contributed by atoms with Gasteiger partial charge in [-0.25, -0.2) is 5.48 Å². The zero-order valence-electron chi connectivity index (χ0n) is 9.58. The summed E-state index contributed by atoms with van der Waals surface area (Å²) in [6.45, 7) is -0.107. The van der Waals surface area contributed by atoms with Gasteiger partial charge in [0.05, 0.1) is 0 Å². The summed E-state index contributed by atoms with van der Waals surface area (Å²) in [5.74, 6) is -0.332. The molecule has 1 aromatic carbocycles. The van der Waals surface area contributed by atoms with E-state index in [2.05, 4.69) is 4.84 Å². The van der Waals surface area contributed by atoms with E-state index < -0.39 is 25.3 Å². The van der Waals surface area contributed by atoms with Gasteiger partial charge in [-0.2, -0.15) is 13.2 Å². The molecular formula is C11H12F3NO3. The third kappa shape index (κ3) is 6.09. The number of ether oxygens (including phenoxy) is 1. The lowest BCUT2D eigenvalue weighted by Crippen LogP contribution is -2.32. The number of carbonyl (C=O) groups excluding carboxylic acids is 1. The van der Waals surface area contributed by atoms with E-state index in [0.29, 0.717) is 5.75 Å². The number of halogens is 3. The molecule has 0 aliphatic carbocycles. The van der Waals surface area contributed by atoms with Crippen LogP contribution in [0.25, 0.3) is 0 Å². The van der Waals surface area contributed by atoms with Crippen LogP contribution < -0.4 is 10.2 Å². The standard InChI is InChI=1S/C11H12F3NO3/c1-8-3-2-4-9(5-8)17-6-10(16)15-18-7-11(12,13)14/h2-5H,6-7H2,1H3,(H,15,16). The lowest BCUT2D eigenvalue weighted by Gasteiger charge is -2.09. The number of hydrogen-bond acceptors (Lipinski definition) is 3. The number of hydrogen-bond donors (Lipinski definition) is 1. The van der Waals surface area contributed by atoms with Crippen molar-refractivity contribution in [1.82, 2.24) is 5.48 Å². The minimum absolute atomic E-state index is 0.415. The maximum absolute atomic E-state index is 11.7. The number of benzene rings is 1. The predicted octanol–water partition coefficient (Wildman–Crippen LogP) is 1.98. The average molecular weight is 263 g/mol. The smallest absolute Gasteiger partial charge is 0.414 e. The average Bonchev–Trinajstić information content (AvgIpc) is 2.25. The van der Waals surface area contributed by atoms with Crippen molar-refractivity contribution in [3.8, 4) is 5.75 Å². The van der Waals surface area contributed by atoms with Gasteiger partial charge in [0.15, 0.2) is 13.2 Å². The van der Waals surface area contributed by atoms with Gasteiger partial charge in [-0.3, -0.25) is 9.63 Å². The van der Waals surface area contributed by atoms with E-state index in [-0.39, 0.29) is 0 Å². The van der Waals surface area contributed by atoms with Gasteiger partial charge in [-0.1, -0.05) is 12.1 Å². The molecule has 100 valence electrons. The summed E-state index contributed by atoms with van der Waals surface area (Å²) in [7, 11) is 0. The van der Waals surface area contributed by atoms with Gasteiger partial charge in [-0.05, 0) is 24.6 Å². The Balaban J connectivity index is 2.25. The molecule has 0 saturated carbocycles. The number of aryl methyl sites for hydroxylation is 1. The Kier molecular flexibility index (Phi) is 4.96. The zero-order valence-corrected chi connectivity index (χ0v) is 9.58. The quantitative estimate of drug-likeness (QED) is 0.826. The molecule has 0 aliphatic rings. The highest BCUT2D eigenvalue weighted by molar-refractivity contribution is 5.76. The molecule has 4 nitrogen and oxygen atoms in total. The van der Waals surface area contributed by atoms with Crippen molar-refractivity contribution in [1.29, 1.82) is 0 Å². The molecule has 0 heterocycles. The second-order valence-electron chi connectivity index (χ2n) is 3.53. The fourth-order valence-corrected chi connectivity index (χ4v) is 1.08. The van der Waals surface area contributed by atoms with Crippen LogP contribution >= 0.6 is 0 Å². The molecular weight excluding hydrogens is 251 g/mol. The van der Waals surface area contributed by atoms with Crippen LogP contribution in [0.4, 0.5) is 13.2 Å². The highest BCUT2D eigenvalue weighted by atomic mass is 19.4. The summed E-state index contributed by atoms with van der Waals surface area (Å²) in [5.41, 5.74) is 2.59. The molecule has 1 aromatic rings. The van der Waals surface area contributed by atoms with Crippen molar-refractivity contribution in [3.05, 3.63) is 29.8 Å². The van der Waals surface area contributed by atoms with E-state index in [1.54, 1.807) is 23.7 Å². The minimum Gasteiger partial charge on any atom is -0.484 e. The molecule has 0 bridgehead atoms. The van der Waals surface area contributed by atoms with Crippen molar-refractivity contribution in [3.63, 3.8) is 0 Å². The zero-order chi connectivity index (χ0) is 13.6. The second-order valence-corrected chi connectivity index (χ2v) is 3.53. The lowest BCUT2D eigenvalue weighted by molar-refractivity contribution is -0.192. The maximum Gasteiger partial charge on any atom is 0.414 e. The SMILES string of the molecule is Cc1cccc(OCC(=O)NOCC(F)(F)F)c1. The van der Waals surface area contributed by atoms with E-state index in [1.165, 1.54) is 0 Å². The van der Waals surface area contributed by atoms with Crippen LogP contribution in [-0.4, -0.2) is 25.3 Å². The molecule has 0 atom stereocenters. The van der Waals surface area contributed by atoms with Crippen LogP contribution in [0.15, 0.2) is 24.3 Å². The molecule has 0 spiro atoms. The first-order valence-corrected chi connectivity index (χ1v) is 5.04. The van der Waals surface area contributed by atoms with Crippen LogP contribution in [0, 0.1) is 6.92 Å². The van der Waals surface area contributed by atoms with Crippen molar-refractivity contribution >= 4 is 5.91 Å². The van der Waals surface area contributed by atoms with Gasteiger partial charge < -0.3 is 4.74 Å². The number of amides is 1. The third-order valence-corrected chi connectivity index (χ3v) is 1.78. The molecule has 0 saturated heterocycles. The van der Waals surface area contributed by atoms with Crippen molar-refractivity contribution in [2.75, 3.05) is 13.2 Å². The van der Waals surface area contributed by atoms with Crippen LogP contribution in [0.1, 0.15) is 5.56 Å². The molecule has 0 aliphatic heterocycles. The highest BCUT2D eigenvalue weighted by Crippen LogP contribution is 2.14. The molecule has 0 aromatic heterocycles. The van der Waals surface area contributed by atoms with E-state index in [9.17, 15) is 18.0 Å². The van der Waals surface area contributed by atoms with Gasteiger partial charge in [0, 0.05) is 0 Å².